The van der Waals surface area contributed by atoms with E-state index in [2.05, 4.69) is 6.92 Å². The normalized spacial score (nSPS) is 19.2. The van der Waals surface area contributed by atoms with E-state index in [4.69, 9.17) is 5.73 Å². The van der Waals surface area contributed by atoms with Crippen LogP contribution in [0.3, 0.4) is 0 Å². The number of rotatable bonds is 2. The standard InChI is InChI=1S/C13H17N3O3/c1-9-3-2-6-15(8-9)13(17)10-4-5-12(16(18)19)11(14)7-10/h4-5,7,9H,2-3,6,8,14H2,1H3. The fourth-order valence-corrected chi connectivity index (χ4v) is 2.41. The van der Waals surface area contributed by atoms with Crippen LogP contribution in [0.5, 0.6) is 0 Å². The molecule has 6 heteroatoms. The predicted molar refractivity (Wildman–Crippen MR) is 71.8 cm³/mol. The number of likely N-dealkylation sites (tertiary alicyclic amines) is 1. The third-order valence-electron chi connectivity index (χ3n) is 3.42. The van der Waals surface area contributed by atoms with Gasteiger partial charge in [0.15, 0.2) is 0 Å². The fraction of sp³-hybridized carbons (Fsp3) is 0.462. The van der Waals surface area contributed by atoms with Crippen molar-refractivity contribution in [3.05, 3.63) is 33.9 Å². The smallest absolute Gasteiger partial charge is 0.292 e. The van der Waals surface area contributed by atoms with Gasteiger partial charge in [0.05, 0.1) is 4.92 Å². The van der Waals surface area contributed by atoms with Gasteiger partial charge in [0.2, 0.25) is 0 Å². The molecule has 19 heavy (non-hydrogen) atoms. The van der Waals surface area contributed by atoms with Gasteiger partial charge in [-0.3, -0.25) is 14.9 Å². The Kier molecular flexibility index (Phi) is 3.69. The number of hydrogen-bond donors (Lipinski definition) is 1. The van der Waals surface area contributed by atoms with Crippen LogP contribution in [0.25, 0.3) is 0 Å². The first-order chi connectivity index (χ1) is 8.99. The molecule has 1 amide bonds. The number of anilines is 1. The molecular weight excluding hydrogens is 246 g/mol. The van der Waals surface area contributed by atoms with E-state index in [-0.39, 0.29) is 17.3 Å². The number of nitrogens with zero attached hydrogens (tertiary/aromatic N) is 2. The Balaban J connectivity index is 2.19. The Morgan fingerprint density at radius 1 is 1.53 bits per heavy atom. The summed E-state index contributed by atoms with van der Waals surface area (Å²) in [5.41, 5.74) is 5.88. The Labute approximate surface area is 111 Å². The summed E-state index contributed by atoms with van der Waals surface area (Å²) in [6.07, 6.45) is 2.13. The van der Waals surface area contributed by atoms with E-state index in [0.29, 0.717) is 11.5 Å². The molecule has 0 saturated carbocycles. The first-order valence-corrected chi connectivity index (χ1v) is 6.32. The minimum Gasteiger partial charge on any atom is -0.393 e. The zero-order chi connectivity index (χ0) is 14.0. The Morgan fingerprint density at radius 2 is 2.26 bits per heavy atom. The molecule has 102 valence electrons. The molecule has 0 aromatic heterocycles. The Bertz CT molecular complexity index is 516. The Morgan fingerprint density at radius 3 is 2.84 bits per heavy atom. The number of nitrogen functional groups attached to an aromatic ring is 1. The molecule has 1 aliphatic heterocycles. The number of nitro groups is 1. The maximum absolute atomic E-state index is 12.3. The quantitative estimate of drug-likeness (QED) is 0.502. The highest BCUT2D eigenvalue weighted by atomic mass is 16.6. The maximum Gasteiger partial charge on any atom is 0.292 e. The predicted octanol–water partition coefficient (Wildman–Crippen LogP) is 2.05. The number of carbonyl (C=O) groups is 1. The van der Waals surface area contributed by atoms with Crippen molar-refractivity contribution >= 4 is 17.3 Å². The van der Waals surface area contributed by atoms with Crippen molar-refractivity contribution < 1.29 is 9.72 Å². The lowest BCUT2D eigenvalue weighted by atomic mass is 9.99. The maximum atomic E-state index is 12.3. The molecular formula is C13H17N3O3. The van der Waals surface area contributed by atoms with Crippen LogP contribution >= 0.6 is 0 Å². The molecule has 1 unspecified atom stereocenters. The van der Waals surface area contributed by atoms with Gasteiger partial charge in [0.25, 0.3) is 11.6 Å². The molecule has 1 heterocycles. The SMILES string of the molecule is CC1CCCN(C(=O)c2ccc([N+](=O)[O-])c(N)c2)C1. The summed E-state index contributed by atoms with van der Waals surface area (Å²) in [5, 5.41) is 10.7. The van der Waals surface area contributed by atoms with E-state index < -0.39 is 4.92 Å². The van der Waals surface area contributed by atoms with Crippen molar-refractivity contribution in [1.82, 2.24) is 4.90 Å². The minimum atomic E-state index is -0.549. The zero-order valence-electron chi connectivity index (χ0n) is 10.8. The summed E-state index contributed by atoms with van der Waals surface area (Å²) in [4.78, 5) is 24.2. The van der Waals surface area contributed by atoms with Crippen LogP contribution in [-0.4, -0.2) is 28.8 Å². The second kappa shape index (κ2) is 5.26. The third-order valence-corrected chi connectivity index (χ3v) is 3.42. The molecule has 2 N–H and O–H groups in total. The molecule has 1 saturated heterocycles. The van der Waals surface area contributed by atoms with Crippen molar-refractivity contribution in [1.29, 1.82) is 0 Å². The number of nitrogens with two attached hydrogens (primary N) is 1. The summed E-state index contributed by atoms with van der Waals surface area (Å²) >= 11 is 0. The van der Waals surface area contributed by atoms with Crippen molar-refractivity contribution in [3.63, 3.8) is 0 Å². The number of amides is 1. The average Bonchev–Trinajstić information content (AvgIpc) is 2.37. The van der Waals surface area contributed by atoms with E-state index in [1.54, 1.807) is 4.90 Å². The van der Waals surface area contributed by atoms with Gasteiger partial charge in [-0.15, -0.1) is 0 Å². The first kappa shape index (κ1) is 13.3. The fourth-order valence-electron chi connectivity index (χ4n) is 2.41. The number of hydrogen-bond acceptors (Lipinski definition) is 4. The van der Waals surface area contributed by atoms with Gasteiger partial charge in [0.1, 0.15) is 5.69 Å². The summed E-state index contributed by atoms with van der Waals surface area (Å²) in [6, 6.07) is 4.14. The van der Waals surface area contributed by atoms with Crippen LogP contribution in [0.15, 0.2) is 18.2 Å². The number of benzene rings is 1. The van der Waals surface area contributed by atoms with Gasteiger partial charge in [-0.2, -0.15) is 0 Å². The van der Waals surface area contributed by atoms with Crippen LogP contribution in [-0.2, 0) is 0 Å². The molecule has 0 bridgehead atoms. The molecule has 0 radical (unpaired) electrons. The Hall–Kier alpha value is -2.11. The highest BCUT2D eigenvalue weighted by Crippen LogP contribution is 2.24. The van der Waals surface area contributed by atoms with Crippen LogP contribution < -0.4 is 5.73 Å². The van der Waals surface area contributed by atoms with E-state index in [1.807, 2.05) is 0 Å². The highest BCUT2D eigenvalue weighted by molar-refractivity contribution is 5.95. The first-order valence-electron chi connectivity index (χ1n) is 6.32. The van der Waals surface area contributed by atoms with Gasteiger partial charge in [-0.25, -0.2) is 0 Å². The molecule has 1 aromatic carbocycles. The number of carbonyl (C=O) groups excluding carboxylic acids is 1. The molecule has 1 aromatic rings. The van der Waals surface area contributed by atoms with Crippen molar-refractivity contribution in [2.24, 2.45) is 5.92 Å². The summed E-state index contributed by atoms with van der Waals surface area (Å²) < 4.78 is 0. The largest absolute Gasteiger partial charge is 0.393 e. The van der Waals surface area contributed by atoms with Gasteiger partial charge >= 0.3 is 0 Å². The highest BCUT2D eigenvalue weighted by Gasteiger charge is 2.23. The monoisotopic (exact) mass is 263 g/mol. The van der Waals surface area contributed by atoms with Gasteiger partial charge < -0.3 is 10.6 Å². The second-order valence-corrected chi connectivity index (χ2v) is 5.03. The topological polar surface area (TPSA) is 89.5 Å². The lowest BCUT2D eigenvalue weighted by molar-refractivity contribution is -0.383. The lowest BCUT2D eigenvalue weighted by Crippen LogP contribution is -2.39. The summed E-state index contributed by atoms with van der Waals surface area (Å²) in [5.74, 6) is 0.390. The second-order valence-electron chi connectivity index (χ2n) is 5.03. The summed E-state index contributed by atoms with van der Waals surface area (Å²) in [7, 11) is 0. The third kappa shape index (κ3) is 2.83. The molecule has 1 fully saturated rings. The molecule has 1 aliphatic rings. The van der Waals surface area contributed by atoms with E-state index in [1.165, 1.54) is 18.2 Å². The van der Waals surface area contributed by atoms with Gasteiger partial charge in [-0.05, 0) is 30.9 Å². The van der Waals surface area contributed by atoms with Crippen molar-refractivity contribution in [3.8, 4) is 0 Å². The van der Waals surface area contributed by atoms with E-state index >= 15 is 0 Å². The van der Waals surface area contributed by atoms with Gasteiger partial charge in [0, 0.05) is 24.7 Å². The molecule has 1 atom stereocenters. The average molecular weight is 263 g/mol. The summed E-state index contributed by atoms with van der Waals surface area (Å²) in [6.45, 7) is 3.58. The van der Waals surface area contributed by atoms with Crippen LogP contribution in [0.1, 0.15) is 30.1 Å². The molecule has 0 spiro atoms. The minimum absolute atomic E-state index is 0.0286. The molecule has 2 rings (SSSR count). The van der Waals surface area contributed by atoms with Gasteiger partial charge in [-0.1, -0.05) is 6.92 Å². The van der Waals surface area contributed by atoms with Crippen LogP contribution in [0.2, 0.25) is 0 Å². The zero-order valence-corrected chi connectivity index (χ0v) is 10.8. The number of nitro benzene ring substituents is 1. The number of piperidine rings is 1. The van der Waals surface area contributed by atoms with E-state index in [0.717, 1.165) is 25.9 Å². The van der Waals surface area contributed by atoms with Crippen molar-refractivity contribution in [2.45, 2.75) is 19.8 Å². The lowest BCUT2D eigenvalue weighted by Gasteiger charge is -2.31. The van der Waals surface area contributed by atoms with E-state index in [9.17, 15) is 14.9 Å². The molecule has 0 aliphatic carbocycles. The van der Waals surface area contributed by atoms with Crippen LogP contribution in [0, 0.1) is 16.0 Å². The molecule has 6 nitrogen and oxygen atoms in total. The van der Waals surface area contributed by atoms with Crippen LogP contribution in [0.4, 0.5) is 11.4 Å². The van der Waals surface area contributed by atoms with Crippen molar-refractivity contribution in [2.75, 3.05) is 18.8 Å².